The number of amidine groups is 1. The predicted octanol–water partition coefficient (Wildman–Crippen LogP) is 4.54. The van der Waals surface area contributed by atoms with E-state index < -0.39 is 0 Å². The molecule has 0 atom stereocenters. The molecule has 1 aliphatic rings. The summed E-state index contributed by atoms with van der Waals surface area (Å²) in [6.07, 6.45) is 2.25. The van der Waals surface area contributed by atoms with E-state index in [2.05, 4.69) is 94.4 Å². The first-order chi connectivity index (χ1) is 12.4. The van der Waals surface area contributed by atoms with Crippen LogP contribution >= 0.6 is 0 Å². The van der Waals surface area contributed by atoms with E-state index >= 15 is 0 Å². The third-order valence-electron chi connectivity index (χ3n) is 4.49. The van der Waals surface area contributed by atoms with Gasteiger partial charge >= 0.3 is 0 Å². The Bertz CT molecular complexity index is 883. The van der Waals surface area contributed by atoms with E-state index in [9.17, 15) is 0 Å². The van der Waals surface area contributed by atoms with E-state index in [0.29, 0.717) is 0 Å². The first-order valence-corrected chi connectivity index (χ1v) is 8.82. The summed E-state index contributed by atoms with van der Waals surface area (Å²) in [5.74, 6) is 0.960. The van der Waals surface area contributed by atoms with Gasteiger partial charge in [-0.2, -0.15) is 10.7 Å². The highest BCUT2D eigenvalue weighted by Crippen LogP contribution is 2.29. The summed E-state index contributed by atoms with van der Waals surface area (Å²) in [7, 11) is 0. The summed E-state index contributed by atoms with van der Waals surface area (Å²) in [6.45, 7) is 3.13. The number of hydrazine groups is 2. The molecule has 0 amide bonds. The SMILES string of the molecule is CCCCN1C(c2ccccc2)=NNN1c1cccc2ccccc12. The van der Waals surface area contributed by atoms with Crippen molar-refractivity contribution in [3.05, 3.63) is 78.4 Å². The Morgan fingerprint density at radius 2 is 1.64 bits per heavy atom. The lowest BCUT2D eigenvalue weighted by atomic mass is 10.1. The zero-order valence-electron chi connectivity index (χ0n) is 14.4. The third kappa shape index (κ3) is 2.91. The van der Waals surface area contributed by atoms with E-state index in [1.165, 1.54) is 10.8 Å². The van der Waals surface area contributed by atoms with Gasteiger partial charge in [0.15, 0.2) is 5.84 Å². The number of rotatable bonds is 5. The van der Waals surface area contributed by atoms with Crippen molar-refractivity contribution < 1.29 is 0 Å². The minimum atomic E-state index is 0.917. The van der Waals surface area contributed by atoms with Gasteiger partial charge in [0.1, 0.15) is 0 Å². The number of unbranched alkanes of at least 4 members (excludes halogenated alkanes) is 1. The average Bonchev–Trinajstić information content (AvgIpc) is 3.10. The number of fused-ring (bicyclic) bond motifs is 1. The molecule has 126 valence electrons. The lowest BCUT2D eigenvalue weighted by Crippen LogP contribution is -2.46. The molecule has 0 aliphatic carbocycles. The van der Waals surface area contributed by atoms with Crippen LogP contribution in [0.5, 0.6) is 0 Å². The Balaban J connectivity index is 1.74. The molecule has 0 radical (unpaired) electrons. The monoisotopic (exact) mass is 330 g/mol. The molecule has 25 heavy (non-hydrogen) atoms. The van der Waals surface area contributed by atoms with Gasteiger partial charge < -0.3 is 0 Å². The van der Waals surface area contributed by atoms with E-state index in [1.807, 2.05) is 6.07 Å². The van der Waals surface area contributed by atoms with Gasteiger partial charge in [-0.15, -0.1) is 5.10 Å². The van der Waals surface area contributed by atoms with Crippen molar-refractivity contribution in [1.29, 1.82) is 0 Å². The molecule has 3 aromatic carbocycles. The summed E-state index contributed by atoms with van der Waals surface area (Å²) in [6, 6.07) is 25.2. The second kappa shape index (κ2) is 6.85. The van der Waals surface area contributed by atoms with Crippen LogP contribution in [0.1, 0.15) is 25.3 Å². The van der Waals surface area contributed by atoms with Crippen molar-refractivity contribution in [3.63, 3.8) is 0 Å². The smallest absolute Gasteiger partial charge is 0.178 e. The molecular formula is C21H22N4. The standard InChI is InChI=1S/C21H22N4/c1-2-3-16-24-21(18-11-5-4-6-12-18)22-23-25(24)20-15-9-13-17-10-7-8-14-19(17)20/h4-15,23H,2-3,16H2,1H3. The molecular weight excluding hydrogens is 308 g/mol. The molecule has 3 aromatic rings. The van der Waals surface area contributed by atoms with Crippen molar-refractivity contribution in [2.75, 3.05) is 11.7 Å². The highest BCUT2D eigenvalue weighted by Gasteiger charge is 2.27. The van der Waals surface area contributed by atoms with Crippen LogP contribution in [0.25, 0.3) is 10.8 Å². The largest absolute Gasteiger partial charge is 0.246 e. The zero-order valence-corrected chi connectivity index (χ0v) is 14.4. The van der Waals surface area contributed by atoms with E-state index in [0.717, 1.165) is 36.5 Å². The summed E-state index contributed by atoms with van der Waals surface area (Å²) < 4.78 is 0. The van der Waals surface area contributed by atoms with Crippen molar-refractivity contribution >= 4 is 22.3 Å². The van der Waals surface area contributed by atoms with Crippen molar-refractivity contribution in [2.45, 2.75) is 19.8 Å². The summed E-state index contributed by atoms with van der Waals surface area (Å²) in [5.41, 5.74) is 5.45. The molecule has 4 heteroatoms. The highest BCUT2D eigenvalue weighted by atomic mass is 15.9. The predicted molar refractivity (Wildman–Crippen MR) is 104 cm³/mol. The lowest BCUT2D eigenvalue weighted by Gasteiger charge is -2.31. The van der Waals surface area contributed by atoms with Gasteiger partial charge in [0.25, 0.3) is 0 Å². The first-order valence-electron chi connectivity index (χ1n) is 8.82. The number of benzene rings is 3. The van der Waals surface area contributed by atoms with Gasteiger partial charge in [0.05, 0.1) is 5.69 Å². The molecule has 1 aliphatic heterocycles. The van der Waals surface area contributed by atoms with Crippen LogP contribution in [0.3, 0.4) is 0 Å². The van der Waals surface area contributed by atoms with Crippen molar-refractivity contribution in [3.8, 4) is 0 Å². The molecule has 0 aromatic heterocycles. The quantitative estimate of drug-likeness (QED) is 0.745. The second-order valence-corrected chi connectivity index (χ2v) is 6.19. The fraction of sp³-hybridized carbons (Fsp3) is 0.190. The topological polar surface area (TPSA) is 30.9 Å². The normalized spacial score (nSPS) is 13.9. The van der Waals surface area contributed by atoms with Gasteiger partial charge in [-0.05, 0) is 17.9 Å². The number of hydrogen-bond donors (Lipinski definition) is 1. The van der Waals surface area contributed by atoms with Gasteiger partial charge in [-0.3, -0.25) is 0 Å². The van der Waals surface area contributed by atoms with Gasteiger partial charge in [-0.1, -0.05) is 80.1 Å². The van der Waals surface area contributed by atoms with Crippen LogP contribution in [0.15, 0.2) is 77.9 Å². The molecule has 0 saturated carbocycles. The Labute approximate surface area is 148 Å². The minimum absolute atomic E-state index is 0.917. The Kier molecular flexibility index (Phi) is 4.25. The molecule has 0 saturated heterocycles. The number of nitrogens with zero attached hydrogens (tertiary/aromatic N) is 3. The molecule has 1 N–H and O–H groups in total. The fourth-order valence-corrected chi connectivity index (χ4v) is 3.19. The molecule has 0 bridgehead atoms. The minimum Gasteiger partial charge on any atom is -0.246 e. The molecule has 4 nitrogen and oxygen atoms in total. The third-order valence-corrected chi connectivity index (χ3v) is 4.49. The van der Waals surface area contributed by atoms with Gasteiger partial charge in [-0.25, -0.2) is 5.01 Å². The number of nitrogens with one attached hydrogen (secondary N) is 1. The first kappa shape index (κ1) is 15.5. The van der Waals surface area contributed by atoms with E-state index in [-0.39, 0.29) is 0 Å². The molecule has 0 fully saturated rings. The van der Waals surface area contributed by atoms with Crippen LogP contribution in [-0.2, 0) is 0 Å². The second-order valence-electron chi connectivity index (χ2n) is 6.19. The van der Waals surface area contributed by atoms with Crippen molar-refractivity contribution in [2.24, 2.45) is 5.10 Å². The Hall–Kier alpha value is -3.01. The molecule has 0 spiro atoms. The summed E-state index contributed by atoms with van der Waals surface area (Å²) in [5, 5.41) is 11.4. The van der Waals surface area contributed by atoms with Crippen LogP contribution < -0.4 is 10.7 Å². The maximum absolute atomic E-state index is 4.62. The number of anilines is 1. The summed E-state index contributed by atoms with van der Waals surface area (Å²) in [4.78, 5) is 0. The van der Waals surface area contributed by atoms with Gasteiger partial charge in [0, 0.05) is 17.5 Å². The van der Waals surface area contributed by atoms with Crippen LogP contribution in [-0.4, -0.2) is 17.4 Å². The molecule has 4 rings (SSSR count). The van der Waals surface area contributed by atoms with Gasteiger partial charge in [0.2, 0.25) is 0 Å². The van der Waals surface area contributed by atoms with Crippen LogP contribution in [0, 0.1) is 0 Å². The molecule has 1 heterocycles. The maximum atomic E-state index is 4.62. The Morgan fingerprint density at radius 1 is 0.880 bits per heavy atom. The van der Waals surface area contributed by atoms with E-state index in [4.69, 9.17) is 0 Å². The highest BCUT2D eigenvalue weighted by molar-refractivity contribution is 6.02. The Morgan fingerprint density at radius 3 is 2.48 bits per heavy atom. The van der Waals surface area contributed by atoms with Crippen LogP contribution in [0.4, 0.5) is 5.69 Å². The number of hydrogen-bond acceptors (Lipinski definition) is 4. The lowest BCUT2D eigenvalue weighted by molar-refractivity contribution is 0.370. The average molecular weight is 330 g/mol. The van der Waals surface area contributed by atoms with Crippen LogP contribution in [0.2, 0.25) is 0 Å². The molecule has 0 unspecified atom stereocenters. The maximum Gasteiger partial charge on any atom is 0.178 e. The zero-order chi connectivity index (χ0) is 17.1. The van der Waals surface area contributed by atoms with E-state index in [1.54, 1.807) is 0 Å². The van der Waals surface area contributed by atoms with Crippen molar-refractivity contribution in [1.82, 2.24) is 10.5 Å². The number of hydrazone groups is 1. The summed E-state index contributed by atoms with van der Waals surface area (Å²) >= 11 is 0. The fourth-order valence-electron chi connectivity index (χ4n) is 3.19.